The summed E-state index contributed by atoms with van der Waals surface area (Å²) in [5.41, 5.74) is 5.79. The zero-order valence-corrected chi connectivity index (χ0v) is 17.3. The molecular formula is C20H19N7OS. The Kier molecular flexibility index (Phi) is 3.99. The van der Waals surface area contributed by atoms with Gasteiger partial charge in [0.05, 0.1) is 31.4 Å². The monoisotopic (exact) mass is 405 g/mol. The van der Waals surface area contributed by atoms with Crippen LogP contribution >= 0.6 is 11.3 Å². The second kappa shape index (κ2) is 6.56. The highest BCUT2D eigenvalue weighted by atomic mass is 32.1. The van der Waals surface area contributed by atoms with Crippen LogP contribution in [0.2, 0.25) is 0 Å². The minimum absolute atomic E-state index is 0.742. The molecule has 0 bridgehead atoms. The summed E-state index contributed by atoms with van der Waals surface area (Å²) in [5.74, 6) is 1.58. The summed E-state index contributed by atoms with van der Waals surface area (Å²) in [6.45, 7) is 1.99. The van der Waals surface area contributed by atoms with Crippen molar-refractivity contribution in [2.45, 2.75) is 6.92 Å². The van der Waals surface area contributed by atoms with Crippen LogP contribution in [0.25, 0.3) is 38.7 Å². The topological polar surface area (TPSA) is 75.1 Å². The van der Waals surface area contributed by atoms with E-state index in [1.807, 2.05) is 72.5 Å². The summed E-state index contributed by atoms with van der Waals surface area (Å²) in [4.78, 5) is 9.17. The lowest BCUT2D eigenvalue weighted by molar-refractivity contribution is 0.418. The number of rotatable bonds is 4. The number of fused-ring (bicyclic) bond motifs is 1. The van der Waals surface area contributed by atoms with Gasteiger partial charge in [-0.3, -0.25) is 4.68 Å². The van der Waals surface area contributed by atoms with Gasteiger partial charge in [-0.15, -0.1) is 11.3 Å². The van der Waals surface area contributed by atoms with Crippen LogP contribution in [0.5, 0.6) is 5.75 Å². The van der Waals surface area contributed by atoms with Crippen molar-refractivity contribution in [1.82, 2.24) is 33.9 Å². The molecule has 0 radical (unpaired) electrons. The molecule has 0 unspecified atom stereocenters. The maximum absolute atomic E-state index is 5.72. The molecule has 0 aliphatic carbocycles. The van der Waals surface area contributed by atoms with Crippen molar-refractivity contribution in [1.29, 1.82) is 0 Å². The van der Waals surface area contributed by atoms with Gasteiger partial charge in [0.2, 0.25) is 0 Å². The van der Waals surface area contributed by atoms with Crippen LogP contribution in [0.1, 0.15) is 5.69 Å². The predicted molar refractivity (Wildman–Crippen MR) is 112 cm³/mol. The van der Waals surface area contributed by atoms with Gasteiger partial charge in [0, 0.05) is 54.3 Å². The molecule has 146 valence electrons. The molecule has 0 aliphatic rings. The largest absolute Gasteiger partial charge is 0.494 e. The molecule has 0 N–H and O–H groups in total. The minimum Gasteiger partial charge on any atom is -0.494 e. The Balaban J connectivity index is 1.66. The summed E-state index contributed by atoms with van der Waals surface area (Å²) >= 11 is 1.59. The highest BCUT2D eigenvalue weighted by molar-refractivity contribution is 7.13. The molecule has 0 aromatic carbocycles. The van der Waals surface area contributed by atoms with E-state index in [1.54, 1.807) is 23.1 Å². The number of imidazole rings is 1. The number of thiazole rings is 1. The molecule has 0 spiro atoms. The summed E-state index contributed by atoms with van der Waals surface area (Å²) in [7, 11) is 5.57. The van der Waals surface area contributed by atoms with Crippen molar-refractivity contribution in [2.24, 2.45) is 14.1 Å². The zero-order chi connectivity index (χ0) is 20.1. The van der Waals surface area contributed by atoms with Crippen LogP contribution in [0.15, 0.2) is 42.4 Å². The van der Waals surface area contributed by atoms with E-state index >= 15 is 0 Å². The molecule has 29 heavy (non-hydrogen) atoms. The minimum atomic E-state index is 0.742. The van der Waals surface area contributed by atoms with Crippen LogP contribution < -0.4 is 4.74 Å². The first-order valence-corrected chi connectivity index (χ1v) is 9.92. The maximum Gasteiger partial charge on any atom is 0.169 e. The Hall–Kier alpha value is -3.46. The fraction of sp³-hybridized carbons (Fsp3) is 0.200. The smallest absolute Gasteiger partial charge is 0.169 e. The van der Waals surface area contributed by atoms with Gasteiger partial charge in [0.25, 0.3) is 0 Å². The van der Waals surface area contributed by atoms with Gasteiger partial charge in [0.1, 0.15) is 11.3 Å². The van der Waals surface area contributed by atoms with Crippen LogP contribution in [-0.2, 0) is 14.1 Å². The predicted octanol–water partition coefficient (Wildman–Crippen LogP) is 3.58. The van der Waals surface area contributed by atoms with Crippen LogP contribution in [0.4, 0.5) is 0 Å². The Morgan fingerprint density at radius 2 is 1.90 bits per heavy atom. The molecule has 0 atom stereocenters. The molecule has 5 aromatic rings. The lowest BCUT2D eigenvalue weighted by Crippen LogP contribution is -1.97. The van der Waals surface area contributed by atoms with Crippen molar-refractivity contribution in [3.05, 3.63) is 48.1 Å². The van der Waals surface area contributed by atoms with E-state index < -0.39 is 0 Å². The number of nitrogens with zero attached hydrogens (tertiary/aromatic N) is 7. The van der Waals surface area contributed by atoms with Gasteiger partial charge in [0.15, 0.2) is 10.8 Å². The third kappa shape index (κ3) is 2.82. The molecular weight excluding hydrogens is 386 g/mol. The summed E-state index contributed by atoms with van der Waals surface area (Å²) < 4.78 is 11.4. The van der Waals surface area contributed by atoms with E-state index in [2.05, 4.69) is 20.2 Å². The van der Waals surface area contributed by atoms with Crippen molar-refractivity contribution in [3.63, 3.8) is 0 Å². The fourth-order valence-electron chi connectivity index (χ4n) is 3.47. The second-order valence-electron chi connectivity index (χ2n) is 6.87. The van der Waals surface area contributed by atoms with Crippen molar-refractivity contribution in [3.8, 4) is 39.0 Å². The van der Waals surface area contributed by atoms with Gasteiger partial charge >= 0.3 is 0 Å². The third-order valence-corrected chi connectivity index (χ3v) is 5.87. The number of hydrogen-bond acceptors (Lipinski definition) is 6. The average molecular weight is 405 g/mol. The van der Waals surface area contributed by atoms with E-state index in [4.69, 9.17) is 4.74 Å². The standard InChI is InChI=1S/C20H19N7OS/c1-12-11-29-20(24-12)19-21-8-16(26(19)3)15-7-23-27-10-13(5-17(28-4)18(15)27)14-6-22-25(2)9-14/h5-11H,1-4H3. The first kappa shape index (κ1) is 17.6. The van der Waals surface area contributed by atoms with Gasteiger partial charge < -0.3 is 9.30 Å². The molecule has 0 amide bonds. The van der Waals surface area contributed by atoms with Crippen molar-refractivity contribution >= 4 is 16.9 Å². The number of aromatic nitrogens is 7. The molecule has 5 aromatic heterocycles. The normalized spacial score (nSPS) is 11.4. The lowest BCUT2D eigenvalue weighted by atomic mass is 10.1. The lowest BCUT2D eigenvalue weighted by Gasteiger charge is -2.09. The fourth-order valence-corrected chi connectivity index (χ4v) is 4.30. The first-order chi connectivity index (χ1) is 14.0. The first-order valence-electron chi connectivity index (χ1n) is 9.04. The number of aryl methyl sites for hydroxylation is 2. The summed E-state index contributed by atoms with van der Waals surface area (Å²) in [6.07, 6.45) is 9.49. The molecule has 0 aliphatic heterocycles. The van der Waals surface area contributed by atoms with Gasteiger partial charge in [-0.2, -0.15) is 10.2 Å². The van der Waals surface area contributed by atoms with Gasteiger partial charge in [-0.05, 0) is 13.0 Å². The molecule has 5 rings (SSSR count). The molecule has 0 fully saturated rings. The number of methoxy groups -OCH3 is 1. The molecule has 5 heterocycles. The number of pyridine rings is 1. The molecule has 9 heteroatoms. The maximum atomic E-state index is 5.72. The van der Waals surface area contributed by atoms with Crippen LogP contribution in [0.3, 0.4) is 0 Å². The Morgan fingerprint density at radius 1 is 1.03 bits per heavy atom. The van der Waals surface area contributed by atoms with E-state index in [-0.39, 0.29) is 0 Å². The third-order valence-electron chi connectivity index (χ3n) is 4.91. The average Bonchev–Trinajstić information content (AvgIpc) is 3.48. The SMILES string of the molecule is COc1cc(-c2cnn(C)c2)cn2ncc(-c3cnc(-c4nc(C)cs4)n3C)c12. The van der Waals surface area contributed by atoms with Crippen LogP contribution in [-0.4, -0.2) is 41.0 Å². The van der Waals surface area contributed by atoms with Gasteiger partial charge in [-0.1, -0.05) is 0 Å². The quantitative estimate of drug-likeness (QED) is 0.457. The molecule has 0 saturated carbocycles. The summed E-state index contributed by atoms with van der Waals surface area (Å²) in [5, 5.41) is 11.8. The molecule has 0 saturated heterocycles. The van der Waals surface area contributed by atoms with Crippen molar-refractivity contribution < 1.29 is 4.74 Å². The molecule has 8 nitrogen and oxygen atoms in total. The Labute approximate surface area is 171 Å². The van der Waals surface area contributed by atoms with Gasteiger partial charge in [-0.25, -0.2) is 14.5 Å². The zero-order valence-electron chi connectivity index (χ0n) is 16.5. The van der Waals surface area contributed by atoms with E-state index in [9.17, 15) is 0 Å². The second-order valence-corrected chi connectivity index (χ2v) is 7.73. The highest BCUT2D eigenvalue weighted by Gasteiger charge is 2.19. The Morgan fingerprint density at radius 3 is 2.59 bits per heavy atom. The number of ether oxygens (including phenoxy) is 1. The number of hydrogen-bond donors (Lipinski definition) is 0. The van der Waals surface area contributed by atoms with E-state index in [0.29, 0.717) is 0 Å². The van der Waals surface area contributed by atoms with Crippen LogP contribution in [0, 0.1) is 6.92 Å². The summed E-state index contributed by atoms with van der Waals surface area (Å²) in [6, 6.07) is 2.01. The highest BCUT2D eigenvalue weighted by Crippen LogP contribution is 2.36. The van der Waals surface area contributed by atoms with E-state index in [0.717, 1.165) is 50.2 Å². The Bertz CT molecular complexity index is 1340. The van der Waals surface area contributed by atoms with Crippen molar-refractivity contribution in [2.75, 3.05) is 7.11 Å². The van der Waals surface area contributed by atoms with E-state index in [1.165, 1.54) is 0 Å².